The number of rotatable bonds is 5. The first kappa shape index (κ1) is 19.8. The molecule has 1 fully saturated rings. The summed E-state index contributed by atoms with van der Waals surface area (Å²) in [6, 6.07) is 2.96. The van der Waals surface area contributed by atoms with Crippen LogP contribution in [0.5, 0.6) is 0 Å². The van der Waals surface area contributed by atoms with Crippen molar-refractivity contribution in [2.75, 3.05) is 19.3 Å². The van der Waals surface area contributed by atoms with E-state index >= 15 is 0 Å². The highest BCUT2D eigenvalue weighted by atomic mass is 32.2. The van der Waals surface area contributed by atoms with Crippen LogP contribution in [0.25, 0.3) is 0 Å². The molecule has 1 aromatic carbocycles. The Morgan fingerprint density at radius 3 is 2.38 bits per heavy atom. The van der Waals surface area contributed by atoms with Crippen LogP contribution in [0.2, 0.25) is 0 Å². The van der Waals surface area contributed by atoms with Crippen molar-refractivity contribution in [3.8, 4) is 0 Å². The van der Waals surface area contributed by atoms with Gasteiger partial charge in [-0.15, -0.1) is 0 Å². The molecular weight excluding hydrogens is 364 g/mol. The quantitative estimate of drug-likeness (QED) is 0.428. The van der Waals surface area contributed by atoms with Gasteiger partial charge >= 0.3 is 5.97 Å². The molecule has 0 spiro atoms. The molecule has 2 rings (SSSR count). The minimum absolute atomic E-state index is 0.192. The first-order valence-corrected chi connectivity index (χ1v) is 9.98. The Morgan fingerprint density at radius 2 is 1.85 bits per heavy atom. The molecule has 1 saturated heterocycles. The summed E-state index contributed by atoms with van der Waals surface area (Å²) in [6.45, 7) is 2.65. The number of sulfone groups is 1. The van der Waals surface area contributed by atoms with Crippen LogP contribution in [0.3, 0.4) is 0 Å². The second-order valence-electron chi connectivity index (χ2n) is 6.15. The minimum atomic E-state index is -3.83. The average Bonchev–Trinajstić information content (AvgIpc) is 2.60. The lowest BCUT2D eigenvalue weighted by atomic mass is 10.1. The molecule has 142 valence electrons. The summed E-state index contributed by atoms with van der Waals surface area (Å²) in [5.41, 5.74) is -0.903. The summed E-state index contributed by atoms with van der Waals surface area (Å²) in [7, 11) is -3.83. The number of benzene rings is 1. The Balaban J connectivity index is 2.17. The molecule has 1 heterocycles. The van der Waals surface area contributed by atoms with Gasteiger partial charge in [-0.2, -0.15) is 0 Å². The zero-order chi connectivity index (χ0) is 19.5. The second-order valence-corrected chi connectivity index (χ2v) is 8.13. The zero-order valence-corrected chi connectivity index (χ0v) is 15.3. The molecule has 10 heteroatoms. The largest absolute Gasteiger partial charge is 0.449 e. The van der Waals surface area contributed by atoms with Gasteiger partial charge in [-0.1, -0.05) is 0 Å². The summed E-state index contributed by atoms with van der Waals surface area (Å²) < 4.78 is 28.3. The average molecular weight is 384 g/mol. The fraction of sp³-hybridized carbons (Fsp3) is 0.500. The number of nitrogens with zero attached hydrogens (tertiary/aromatic N) is 2. The predicted octanol–water partition coefficient (Wildman–Crippen LogP) is 1.56. The fourth-order valence-corrected chi connectivity index (χ4v) is 3.58. The van der Waals surface area contributed by atoms with Crippen LogP contribution in [0.4, 0.5) is 5.69 Å². The number of amides is 1. The van der Waals surface area contributed by atoms with E-state index in [1.807, 2.05) is 0 Å². The number of carbonyl (C=O) groups excluding carboxylic acids is 2. The molecule has 0 aliphatic carbocycles. The molecule has 0 saturated carbocycles. The monoisotopic (exact) mass is 384 g/mol. The van der Waals surface area contributed by atoms with E-state index in [9.17, 15) is 28.1 Å². The van der Waals surface area contributed by atoms with Crippen LogP contribution in [-0.4, -0.2) is 55.6 Å². The van der Waals surface area contributed by atoms with Crippen LogP contribution < -0.4 is 0 Å². The molecule has 1 amide bonds. The molecule has 9 nitrogen and oxygen atoms in total. The van der Waals surface area contributed by atoms with Gasteiger partial charge in [0.25, 0.3) is 11.6 Å². The number of nitro groups is 1. The number of nitro benzene ring substituents is 1. The van der Waals surface area contributed by atoms with E-state index in [1.165, 1.54) is 6.92 Å². The molecule has 0 N–H and O–H groups in total. The number of hydrogen-bond acceptors (Lipinski definition) is 7. The van der Waals surface area contributed by atoms with Crippen LogP contribution >= 0.6 is 0 Å². The van der Waals surface area contributed by atoms with Crippen molar-refractivity contribution in [1.29, 1.82) is 0 Å². The van der Waals surface area contributed by atoms with E-state index < -0.39 is 37.4 Å². The molecule has 0 unspecified atom stereocenters. The normalized spacial score (nSPS) is 16.0. The lowest BCUT2D eigenvalue weighted by molar-refractivity contribution is -0.387. The molecular formula is C16H20N2O7S. The molecule has 0 radical (unpaired) electrons. The Kier molecular flexibility index (Phi) is 5.96. The summed E-state index contributed by atoms with van der Waals surface area (Å²) >= 11 is 0. The van der Waals surface area contributed by atoms with Gasteiger partial charge in [0, 0.05) is 25.4 Å². The van der Waals surface area contributed by atoms with E-state index in [-0.39, 0.29) is 11.5 Å². The van der Waals surface area contributed by atoms with Crippen molar-refractivity contribution in [1.82, 2.24) is 4.90 Å². The molecule has 1 aliphatic heterocycles. The Bertz CT molecular complexity index is 829. The smallest absolute Gasteiger partial charge is 0.339 e. The Hall–Kier alpha value is -2.49. The van der Waals surface area contributed by atoms with E-state index in [2.05, 4.69) is 0 Å². The van der Waals surface area contributed by atoms with Gasteiger partial charge in [0.15, 0.2) is 15.9 Å². The Morgan fingerprint density at radius 1 is 1.23 bits per heavy atom. The van der Waals surface area contributed by atoms with Crippen molar-refractivity contribution in [3.63, 3.8) is 0 Å². The lowest BCUT2D eigenvalue weighted by Gasteiger charge is -2.28. The third kappa shape index (κ3) is 4.57. The number of esters is 1. The standard InChI is InChI=1S/C16H20N2O7S/c1-11(15(19)17-8-4-3-5-9-17)25-16(20)12-6-7-14(26(2,23)24)13(10-12)18(21)22/h6-7,10-11H,3-5,8-9H2,1-2H3/t11-/m0/s1. The van der Waals surface area contributed by atoms with E-state index in [1.54, 1.807) is 4.90 Å². The van der Waals surface area contributed by atoms with Crippen LogP contribution in [-0.2, 0) is 19.4 Å². The van der Waals surface area contributed by atoms with E-state index in [0.717, 1.165) is 43.7 Å². The van der Waals surface area contributed by atoms with Crippen LogP contribution in [0.1, 0.15) is 36.5 Å². The first-order chi connectivity index (χ1) is 12.1. The van der Waals surface area contributed by atoms with Gasteiger partial charge < -0.3 is 9.64 Å². The van der Waals surface area contributed by atoms with Gasteiger partial charge in [0.1, 0.15) is 4.90 Å². The number of ether oxygens (including phenoxy) is 1. The number of piperidine rings is 1. The minimum Gasteiger partial charge on any atom is -0.449 e. The maximum absolute atomic E-state index is 12.3. The first-order valence-electron chi connectivity index (χ1n) is 8.09. The SMILES string of the molecule is C[C@H](OC(=O)c1ccc(S(C)(=O)=O)c([N+](=O)[O-])c1)C(=O)N1CCCCC1. The lowest BCUT2D eigenvalue weighted by Crippen LogP contribution is -2.42. The molecule has 0 aromatic heterocycles. The third-order valence-electron chi connectivity index (χ3n) is 4.09. The highest BCUT2D eigenvalue weighted by Crippen LogP contribution is 2.25. The highest BCUT2D eigenvalue weighted by molar-refractivity contribution is 7.90. The number of likely N-dealkylation sites (tertiary alicyclic amines) is 1. The maximum Gasteiger partial charge on any atom is 0.339 e. The highest BCUT2D eigenvalue weighted by Gasteiger charge is 2.28. The summed E-state index contributed by atoms with van der Waals surface area (Å²) in [4.78, 5) is 35.9. The molecule has 26 heavy (non-hydrogen) atoms. The molecule has 1 aliphatic rings. The van der Waals surface area contributed by atoms with Gasteiger partial charge in [-0.25, -0.2) is 13.2 Å². The van der Waals surface area contributed by atoms with Gasteiger partial charge in [0.05, 0.1) is 10.5 Å². The topological polar surface area (TPSA) is 124 Å². The van der Waals surface area contributed by atoms with Crippen LogP contribution in [0, 0.1) is 10.1 Å². The van der Waals surface area contributed by atoms with E-state index in [0.29, 0.717) is 13.1 Å². The molecule has 1 aromatic rings. The summed E-state index contributed by atoms with van der Waals surface area (Å²) in [5, 5.41) is 11.1. The van der Waals surface area contributed by atoms with Gasteiger partial charge in [-0.05, 0) is 38.3 Å². The van der Waals surface area contributed by atoms with Gasteiger partial charge in [-0.3, -0.25) is 14.9 Å². The predicted molar refractivity (Wildman–Crippen MR) is 91.5 cm³/mol. The second kappa shape index (κ2) is 7.81. The van der Waals surface area contributed by atoms with Crippen molar-refractivity contribution in [2.24, 2.45) is 0 Å². The van der Waals surface area contributed by atoms with Crippen molar-refractivity contribution in [2.45, 2.75) is 37.2 Å². The zero-order valence-electron chi connectivity index (χ0n) is 14.5. The third-order valence-corrected chi connectivity index (χ3v) is 5.23. The number of hydrogen-bond donors (Lipinski definition) is 0. The van der Waals surface area contributed by atoms with Crippen molar-refractivity contribution >= 4 is 27.4 Å². The van der Waals surface area contributed by atoms with E-state index in [4.69, 9.17) is 4.74 Å². The number of carbonyl (C=O) groups is 2. The van der Waals surface area contributed by atoms with Crippen LogP contribution in [0.15, 0.2) is 23.1 Å². The van der Waals surface area contributed by atoms with Crippen molar-refractivity contribution in [3.05, 3.63) is 33.9 Å². The Labute approximate surface area is 151 Å². The van der Waals surface area contributed by atoms with Gasteiger partial charge in [0.2, 0.25) is 0 Å². The summed E-state index contributed by atoms with van der Waals surface area (Å²) in [6.07, 6.45) is 2.65. The summed E-state index contributed by atoms with van der Waals surface area (Å²) in [5.74, 6) is -1.24. The fourth-order valence-electron chi connectivity index (χ4n) is 2.75. The molecule has 0 bridgehead atoms. The molecule has 1 atom stereocenters. The maximum atomic E-state index is 12.3. The van der Waals surface area contributed by atoms with Crippen molar-refractivity contribution < 1.29 is 27.7 Å².